The maximum Gasteiger partial charge on any atom is 0.340 e. The number of ether oxygens (including phenoxy) is 1. The Kier molecular flexibility index (Phi) is 3.49. The van der Waals surface area contributed by atoms with Gasteiger partial charge in [-0.25, -0.2) is 4.79 Å². The molecular weight excluding hydrogens is 322 g/mol. The molecule has 0 spiro atoms. The molecule has 0 amide bonds. The lowest BCUT2D eigenvalue weighted by Crippen LogP contribution is -2.11. The van der Waals surface area contributed by atoms with E-state index in [-0.39, 0.29) is 11.9 Å². The van der Waals surface area contributed by atoms with Crippen LogP contribution in [0.3, 0.4) is 0 Å². The Morgan fingerprint density at radius 1 is 1.12 bits per heavy atom. The summed E-state index contributed by atoms with van der Waals surface area (Å²) in [7, 11) is 1.46. The summed E-state index contributed by atoms with van der Waals surface area (Å²) in [5.41, 5.74) is 6.79. The molecule has 1 heterocycles. The largest absolute Gasteiger partial charge is 0.465 e. The number of allylic oxidation sites excluding steroid dienone is 2. The maximum atomic E-state index is 12.7. The highest BCUT2D eigenvalue weighted by atomic mass is 16.5. The van der Waals surface area contributed by atoms with Crippen LogP contribution in [0.2, 0.25) is 0 Å². The fourth-order valence-electron chi connectivity index (χ4n) is 4.40. The third-order valence-corrected chi connectivity index (χ3v) is 5.73. The van der Waals surface area contributed by atoms with Crippen molar-refractivity contribution in [3.63, 3.8) is 0 Å². The zero-order valence-corrected chi connectivity index (χ0v) is 14.8. The molecule has 0 bridgehead atoms. The van der Waals surface area contributed by atoms with E-state index in [1.807, 2.05) is 24.3 Å². The van der Waals surface area contributed by atoms with Crippen LogP contribution in [0.1, 0.15) is 45.9 Å². The predicted molar refractivity (Wildman–Crippen MR) is 103 cm³/mol. The molecular formula is C23H21NO2. The van der Waals surface area contributed by atoms with E-state index in [1.54, 1.807) is 0 Å². The lowest BCUT2D eigenvalue weighted by Gasteiger charge is -2.20. The molecule has 0 radical (unpaired) electrons. The summed E-state index contributed by atoms with van der Waals surface area (Å²) in [6.07, 6.45) is 5.74. The molecule has 1 aromatic heterocycles. The number of aromatic amines is 1. The van der Waals surface area contributed by atoms with Gasteiger partial charge in [0, 0.05) is 22.5 Å². The summed E-state index contributed by atoms with van der Waals surface area (Å²) in [6.45, 7) is 0. The van der Waals surface area contributed by atoms with E-state index in [0.29, 0.717) is 11.5 Å². The Morgan fingerprint density at radius 2 is 1.88 bits per heavy atom. The van der Waals surface area contributed by atoms with Crippen molar-refractivity contribution in [3.8, 4) is 0 Å². The fourth-order valence-corrected chi connectivity index (χ4v) is 4.40. The zero-order chi connectivity index (χ0) is 17.7. The normalized spacial score (nSPS) is 17.0. The summed E-state index contributed by atoms with van der Waals surface area (Å²) in [5, 5.41) is 0.951. The van der Waals surface area contributed by atoms with Crippen molar-refractivity contribution in [1.82, 2.24) is 4.98 Å². The van der Waals surface area contributed by atoms with Gasteiger partial charge in [0.25, 0.3) is 0 Å². The van der Waals surface area contributed by atoms with Crippen LogP contribution in [0.15, 0.2) is 54.6 Å². The monoisotopic (exact) mass is 343 g/mol. The second-order valence-corrected chi connectivity index (χ2v) is 7.29. The molecule has 1 fully saturated rings. The number of H-pyrrole nitrogens is 1. The average Bonchev–Trinajstić information content (AvgIpc) is 3.31. The van der Waals surface area contributed by atoms with E-state index in [9.17, 15) is 4.79 Å². The highest BCUT2D eigenvalue weighted by Gasteiger charge is 2.40. The molecule has 5 rings (SSSR count). The van der Waals surface area contributed by atoms with E-state index < -0.39 is 0 Å². The Labute approximate surface area is 152 Å². The molecule has 2 aromatic carbocycles. The van der Waals surface area contributed by atoms with Crippen LogP contribution in [0.25, 0.3) is 16.5 Å². The first-order valence-corrected chi connectivity index (χ1v) is 9.25. The van der Waals surface area contributed by atoms with Crippen LogP contribution in [-0.4, -0.2) is 18.1 Å². The number of hydrogen-bond acceptors (Lipinski definition) is 2. The molecule has 2 aliphatic rings. The Bertz CT molecular complexity index is 1040. The zero-order valence-electron chi connectivity index (χ0n) is 14.8. The Hall–Kier alpha value is -2.81. The number of nitrogens with one attached hydrogen (secondary N) is 1. The van der Waals surface area contributed by atoms with E-state index in [0.717, 1.165) is 23.0 Å². The summed E-state index contributed by atoms with van der Waals surface area (Å²) >= 11 is 0. The molecule has 130 valence electrons. The van der Waals surface area contributed by atoms with Crippen molar-refractivity contribution in [3.05, 3.63) is 77.0 Å². The molecule has 1 unspecified atom stereocenters. The van der Waals surface area contributed by atoms with Gasteiger partial charge in [-0.1, -0.05) is 48.5 Å². The number of hydrogen-bond donors (Lipinski definition) is 1. The number of carbonyl (C=O) groups excluding carboxylic acids is 1. The molecule has 1 saturated carbocycles. The van der Waals surface area contributed by atoms with E-state index in [2.05, 4.69) is 35.3 Å². The smallest absolute Gasteiger partial charge is 0.340 e. The lowest BCUT2D eigenvalue weighted by molar-refractivity contribution is 0.0601. The number of aromatic nitrogens is 1. The van der Waals surface area contributed by atoms with Gasteiger partial charge in [0.1, 0.15) is 0 Å². The molecule has 3 nitrogen and oxygen atoms in total. The van der Waals surface area contributed by atoms with Crippen LogP contribution in [-0.2, 0) is 11.2 Å². The van der Waals surface area contributed by atoms with E-state index in [4.69, 9.17) is 4.74 Å². The number of fused-ring (bicyclic) bond motifs is 2. The minimum absolute atomic E-state index is 0.222. The van der Waals surface area contributed by atoms with Crippen LogP contribution >= 0.6 is 0 Å². The van der Waals surface area contributed by atoms with Crippen molar-refractivity contribution < 1.29 is 9.53 Å². The van der Waals surface area contributed by atoms with E-state index in [1.165, 1.54) is 36.7 Å². The average molecular weight is 343 g/mol. The van der Waals surface area contributed by atoms with Crippen molar-refractivity contribution >= 4 is 22.4 Å². The van der Waals surface area contributed by atoms with Crippen LogP contribution in [0, 0.1) is 5.92 Å². The first-order chi connectivity index (χ1) is 12.8. The standard InChI is InChI=1S/C23H21NO2/c1-26-23(25)21-18-8-4-5-9-19(18)24-22(21)20(15-10-11-15)17-13-12-14-6-2-3-7-16(14)17/h2-9,13,15,20,24H,10-12H2,1H3. The molecule has 3 aromatic rings. The van der Waals surface area contributed by atoms with Gasteiger partial charge in [-0.2, -0.15) is 0 Å². The third kappa shape index (κ3) is 2.31. The summed E-state index contributed by atoms with van der Waals surface area (Å²) in [5.74, 6) is 0.555. The third-order valence-electron chi connectivity index (χ3n) is 5.73. The molecule has 0 aliphatic heterocycles. The van der Waals surface area contributed by atoms with Gasteiger partial charge >= 0.3 is 5.97 Å². The second kappa shape index (κ2) is 5.87. The van der Waals surface area contributed by atoms with E-state index >= 15 is 0 Å². The molecule has 26 heavy (non-hydrogen) atoms. The van der Waals surface area contributed by atoms with Crippen LogP contribution < -0.4 is 0 Å². The first-order valence-electron chi connectivity index (χ1n) is 9.25. The number of methoxy groups -OCH3 is 1. The highest BCUT2D eigenvalue weighted by Crippen LogP contribution is 2.52. The minimum atomic E-state index is -0.255. The summed E-state index contributed by atoms with van der Waals surface area (Å²) < 4.78 is 5.15. The molecule has 2 aliphatic carbocycles. The van der Waals surface area contributed by atoms with Crippen molar-refractivity contribution in [2.24, 2.45) is 5.92 Å². The molecule has 1 atom stereocenters. The number of benzene rings is 2. The van der Waals surface area contributed by atoms with Gasteiger partial charge in [-0.3, -0.25) is 0 Å². The molecule has 3 heteroatoms. The van der Waals surface area contributed by atoms with Crippen molar-refractivity contribution in [2.45, 2.75) is 25.2 Å². The number of para-hydroxylation sites is 1. The second-order valence-electron chi connectivity index (χ2n) is 7.29. The van der Waals surface area contributed by atoms with Gasteiger partial charge in [-0.05, 0) is 47.9 Å². The van der Waals surface area contributed by atoms with Crippen LogP contribution in [0.5, 0.6) is 0 Å². The maximum absolute atomic E-state index is 12.7. The summed E-state index contributed by atoms with van der Waals surface area (Å²) in [4.78, 5) is 16.2. The topological polar surface area (TPSA) is 42.1 Å². The molecule has 0 saturated heterocycles. The number of carbonyl (C=O) groups is 1. The number of rotatable bonds is 4. The van der Waals surface area contributed by atoms with Crippen molar-refractivity contribution in [1.29, 1.82) is 0 Å². The van der Waals surface area contributed by atoms with Gasteiger partial charge in [0.05, 0.1) is 12.7 Å². The van der Waals surface area contributed by atoms with Gasteiger partial charge in [-0.15, -0.1) is 0 Å². The quantitative estimate of drug-likeness (QED) is 0.671. The van der Waals surface area contributed by atoms with Gasteiger partial charge in [0.2, 0.25) is 0 Å². The summed E-state index contributed by atoms with van der Waals surface area (Å²) in [6, 6.07) is 16.6. The fraction of sp³-hybridized carbons (Fsp3) is 0.261. The Morgan fingerprint density at radius 3 is 2.69 bits per heavy atom. The first kappa shape index (κ1) is 15.4. The SMILES string of the molecule is COC(=O)c1c(C(C2=CCc3ccccc32)C2CC2)[nH]c2ccccc12. The highest BCUT2D eigenvalue weighted by molar-refractivity contribution is 6.06. The Balaban J connectivity index is 1.71. The number of esters is 1. The van der Waals surface area contributed by atoms with Crippen LogP contribution in [0.4, 0.5) is 0 Å². The van der Waals surface area contributed by atoms with Gasteiger partial charge < -0.3 is 9.72 Å². The molecule has 1 N–H and O–H groups in total. The van der Waals surface area contributed by atoms with Gasteiger partial charge in [0.15, 0.2) is 0 Å². The predicted octanol–water partition coefficient (Wildman–Crippen LogP) is 5.09. The lowest BCUT2D eigenvalue weighted by atomic mass is 9.85. The minimum Gasteiger partial charge on any atom is -0.465 e. The van der Waals surface area contributed by atoms with Crippen molar-refractivity contribution in [2.75, 3.05) is 7.11 Å².